The van der Waals surface area contributed by atoms with E-state index in [4.69, 9.17) is 0 Å². The second-order valence-corrected chi connectivity index (χ2v) is 7.76. The van der Waals surface area contributed by atoms with E-state index in [1.54, 1.807) is 12.1 Å². The van der Waals surface area contributed by atoms with Crippen molar-refractivity contribution in [3.8, 4) is 0 Å². The SMILES string of the molecule is CCCC(C)c1cc(NS(=O)(=O)c2c(C)ccc(C)c2[N+](=O)[O-])n[nH]1. The molecule has 2 rings (SSSR count). The van der Waals surface area contributed by atoms with Gasteiger partial charge in [-0.15, -0.1) is 0 Å². The maximum atomic E-state index is 12.7. The number of hydrogen-bond acceptors (Lipinski definition) is 5. The maximum Gasteiger partial charge on any atom is 0.293 e. The predicted octanol–water partition coefficient (Wildman–Crippen LogP) is 3.64. The van der Waals surface area contributed by atoms with Crippen molar-refractivity contribution in [3.63, 3.8) is 0 Å². The third-order valence-corrected chi connectivity index (χ3v) is 5.60. The third-order valence-electron chi connectivity index (χ3n) is 4.07. The van der Waals surface area contributed by atoms with E-state index in [0.29, 0.717) is 5.56 Å². The first-order chi connectivity index (χ1) is 11.7. The molecular formula is C16H22N4O4S. The summed E-state index contributed by atoms with van der Waals surface area (Å²) < 4.78 is 27.8. The number of aromatic nitrogens is 2. The van der Waals surface area contributed by atoms with Crippen molar-refractivity contribution >= 4 is 21.5 Å². The fourth-order valence-corrected chi connectivity index (χ4v) is 4.22. The minimum atomic E-state index is -4.14. The zero-order valence-electron chi connectivity index (χ0n) is 14.7. The van der Waals surface area contributed by atoms with Crippen molar-refractivity contribution < 1.29 is 13.3 Å². The molecular weight excluding hydrogens is 344 g/mol. The highest BCUT2D eigenvalue weighted by atomic mass is 32.2. The fraction of sp³-hybridized carbons (Fsp3) is 0.438. The van der Waals surface area contributed by atoms with E-state index < -0.39 is 20.6 Å². The van der Waals surface area contributed by atoms with Crippen LogP contribution in [0.25, 0.3) is 0 Å². The van der Waals surface area contributed by atoms with Gasteiger partial charge in [0.2, 0.25) is 0 Å². The highest BCUT2D eigenvalue weighted by Gasteiger charge is 2.30. The van der Waals surface area contributed by atoms with Crippen LogP contribution < -0.4 is 4.72 Å². The van der Waals surface area contributed by atoms with Crippen molar-refractivity contribution in [1.82, 2.24) is 10.2 Å². The molecule has 0 radical (unpaired) electrons. The molecule has 0 aliphatic rings. The van der Waals surface area contributed by atoms with Crippen molar-refractivity contribution in [2.45, 2.75) is 51.3 Å². The van der Waals surface area contributed by atoms with Crippen molar-refractivity contribution in [2.24, 2.45) is 0 Å². The summed E-state index contributed by atoms with van der Waals surface area (Å²) in [5.74, 6) is 0.332. The van der Waals surface area contributed by atoms with Crippen LogP contribution in [-0.2, 0) is 10.0 Å². The lowest BCUT2D eigenvalue weighted by Gasteiger charge is -2.10. The Bertz CT molecular complexity index is 890. The molecule has 0 amide bonds. The van der Waals surface area contributed by atoms with Crippen LogP contribution in [0.5, 0.6) is 0 Å². The molecule has 0 aliphatic carbocycles. The normalized spacial score (nSPS) is 12.8. The van der Waals surface area contributed by atoms with Crippen LogP contribution in [0.1, 0.15) is 49.4 Å². The van der Waals surface area contributed by atoms with Gasteiger partial charge >= 0.3 is 0 Å². The second-order valence-electron chi connectivity index (χ2n) is 6.14. The van der Waals surface area contributed by atoms with Gasteiger partial charge in [-0.05, 0) is 31.7 Å². The van der Waals surface area contributed by atoms with E-state index in [-0.39, 0.29) is 22.2 Å². The molecule has 1 heterocycles. The highest BCUT2D eigenvalue weighted by molar-refractivity contribution is 7.93. The topological polar surface area (TPSA) is 118 Å². The molecule has 0 spiro atoms. The molecule has 0 fully saturated rings. The molecule has 25 heavy (non-hydrogen) atoms. The smallest absolute Gasteiger partial charge is 0.280 e. The quantitative estimate of drug-likeness (QED) is 0.573. The monoisotopic (exact) mass is 366 g/mol. The summed E-state index contributed by atoms with van der Waals surface area (Å²) in [5.41, 5.74) is 0.993. The van der Waals surface area contributed by atoms with Crippen molar-refractivity contribution in [2.75, 3.05) is 4.72 Å². The molecule has 0 bridgehead atoms. The number of benzene rings is 1. The Morgan fingerprint density at radius 3 is 2.56 bits per heavy atom. The Kier molecular flexibility index (Phi) is 5.46. The van der Waals surface area contributed by atoms with Gasteiger partial charge in [0.05, 0.1) is 4.92 Å². The minimum Gasteiger partial charge on any atom is -0.280 e. The van der Waals surface area contributed by atoms with Gasteiger partial charge < -0.3 is 0 Å². The van der Waals surface area contributed by atoms with Gasteiger partial charge in [-0.1, -0.05) is 32.4 Å². The number of anilines is 1. The number of rotatable bonds is 7. The van der Waals surface area contributed by atoms with E-state index in [1.165, 1.54) is 19.9 Å². The Morgan fingerprint density at radius 1 is 1.32 bits per heavy atom. The van der Waals surface area contributed by atoms with Gasteiger partial charge in [-0.25, -0.2) is 8.42 Å². The number of nitrogens with zero attached hydrogens (tertiary/aromatic N) is 2. The van der Waals surface area contributed by atoms with Crippen molar-refractivity contribution in [3.05, 3.63) is 45.1 Å². The van der Waals surface area contributed by atoms with Gasteiger partial charge in [0.15, 0.2) is 10.7 Å². The number of nitrogens with one attached hydrogen (secondary N) is 2. The standard InChI is InChI=1S/C16H22N4O4S/c1-5-6-10(2)13-9-14(18-17-13)19-25(23,24)16-12(4)8-7-11(3)15(16)20(21)22/h7-10H,5-6H2,1-4H3,(H2,17,18,19). The maximum absolute atomic E-state index is 12.7. The lowest BCUT2D eigenvalue weighted by molar-refractivity contribution is -0.388. The Hall–Kier alpha value is -2.42. The number of sulfonamides is 1. The van der Waals surface area contributed by atoms with E-state index in [1.807, 2.05) is 6.92 Å². The van der Waals surface area contributed by atoms with Crippen LogP contribution in [-0.4, -0.2) is 23.5 Å². The number of aryl methyl sites for hydroxylation is 2. The number of hydrogen-bond donors (Lipinski definition) is 2. The second kappa shape index (κ2) is 7.22. The largest absolute Gasteiger partial charge is 0.293 e. The molecule has 1 unspecified atom stereocenters. The van der Waals surface area contributed by atoms with E-state index >= 15 is 0 Å². The van der Waals surface area contributed by atoms with Gasteiger partial charge in [0, 0.05) is 17.3 Å². The average Bonchev–Trinajstić information content (AvgIpc) is 2.96. The fourth-order valence-electron chi connectivity index (χ4n) is 2.76. The van der Waals surface area contributed by atoms with Crippen LogP contribution in [0.3, 0.4) is 0 Å². The van der Waals surface area contributed by atoms with Crippen molar-refractivity contribution in [1.29, 1.82) is 0 Å². The van der Waals surface area contributed by atoms with Crippen LogP contribution in [0.4, 0.5) is 11.5 Å². The summed E-state index contributed by atoms with van der Waals surface area (Å²) in [5, 5.41) is 18.1. The first kappa shape index (κ1) is 18.9. The third kappa shape index (κ3) is 3.98. The Labute approximate surface area is 146 Å². The molecule has 136 valence electrons. The van der Waals surface area contributed by atoms with Crippen LogP contribution >= 0.6 is 0 Å². The Morgan fingerprint density at radius 2 is 1.96 bits per heavy atom. The lowest BCUT2D eigenvalue weighted by atomic mass is 10.0. The molecule has 0 aliphatic heterocycles. The summed E-state index contributed by atoms with van der Waals surface area (Å²) in [6.45, 7) is 7.12. The first-order valence-electron chi connectivity index (χ1n) is 8.00. The molecule has 1 atom stereocenters. The molecule has 1 aromatic carbocycles. The molecule has 9 heteroatoms. The molecule has 8 nitrogen and oxygen atoms in total. The molecule has 0 saturated carbocycles. The average molecular weight is 366 g/mol. The predicted molar refractivity (Wildman–Crippen MR) is 95.3 cm³/mol. The number of nitro benzene ring substituents is 1. The summed E-state index contributed by atoms with van der Waals surface area (Å²) >= 11 is 0. The number of nitro groups is 1. The lowest BCUT2D eigenvalue weighted by Crippen LogP contribution is -2.17. The Balaban J connectivity index is 2.41. The molecule has 0 saturated heterocycles. The van der Waals surface area contributed by atoms with Gasteiger partial charge in [-0.3, -0.25) is 19.9 Å². The number of H-pyrrole nitrogens is 1. The molecule has 1 aromatic heterocycles. The highest BCUT2D eigenvalue weighted by Crippen LogP contribution is 2.32. The first-order valence-corrected chi connectivity index (χ1v) is 9.48. The zero-order chi connectivity index (χ0) is 18.8. The molecule has 2 aromatic rings. The number of aromatic amines is 1. The summed E-state index contributed by atoms with van der Waals surface area (Å²) in [6.07, 6.45) is 1.94. The summed E-state index contributed by atoms with van der Waals surface area (Å²) in [7, 11) is -4.14. The zero-order valence-corrected chi connectivity index (χ0v) is 15.5. The van der Waals surface area contributed by atoms with Gasteiger partial charge in [-0.2, -0.15) is 5.10 Å². The van der Waals surface area contributed by atoms with E-state index in [2.05, 4.69) is 21.8 Å². The summed E-state index contributed by atoms with van der Waals surface area (Å²) in [6, 6.07) is 4.70. The van der Waals surface area contributed by atoms with E-state index in [0.717, 1.165) is 18.5 Å². The molecule has 2 N–H and O–H groups in total. The van der Waals surface area contributed by atoms with Crippen LogP contribution in [0.2, 0.25) is 0 Å². The minimum absolute atomic E-state index is 0.119. The van der Waals surface area contributed by atoms with E-state index in [9.17, 15) is 18.5 Å². The summed E-state index contributed by atoms with van der Waals surface area (Å²) in [4.78, 5) is 10.4. The van der Waals surface area contributed by atoms with Crippen LogP contribution in [0.15, 0.2) is 23.1 Å². The van der Waals surface area contributed by atoms with Gasteiger partial charge in [0.25, 0.3) is 15.7 Å². The van der Waals surface area contributed by atoms with Gasteiger partial charge in [0.1, 0.15) is 0 Å². The van der Waals surface area contributed by atoms with Crippen LogP contribution in [0, 0.1) is 24.0 Å².